The molecule has 1 aliphatic rings. The number of benzene rings is 1. The standard InChI is InChI=1S/C20H18F4N6O2/c21-12-2-1-3-14(6-12)30-15(7-17(28-30)20(22,23)24)9-26-19(32)27-13-4-5-18(25-8-13)29-10-16(31)11-29/h1-8,16,31H,9-11H2,(H2,26,27,32). The van der Waals surface area contributed by atoms with E-state index in [9.17, 15) is 27.5 Å². The van der Waals surface area contributed by atoms with Crippen molar-refractivity contribution in [3.63, 3.8) is 0 Å². The van der Waals surface area contributed by atoms with Crippen molar-refractivity contribution in [3.05, 3.63) is 65.9 Å². The van der Waals surface area contributed by atoms with Crippen LogP contribution in [0.3, 0.4) is 0 Å². The van der Waals surface area contributed by atoms with Crippen molar-refractivity contribution < 1.29 is 27.5 Å². The van der Waals surface area contributed by atoms with E-state index in [1.54, 1.807) is 12.1 Å². The van der Waals surface area contributed by atoms with E-state index >= 15 is 0 Å². The van der Waals surface area contributed by atoms with Gasteiger partial charge in [0.05, 0.1) is 35.9 Å². The van der Waals surface area contributed by atoms with E-state index in [-0.39, 0.29) is 24.0 Å². The largest absolute Gasteiger partial charge is 0.435 e. The number of halogens is 4. The molecule has 32 heavy (non-hydrogen) atoms. The Labute approximate surface area is 179 Å². The number of anilines is 2. The molecule has 4 rings (SSSR count). The summed E-state index contributed by atoms with van der Waals surface area (Å²) < 4.78 is 53.9. The number of rotatable bonds is 5. The molecule has 1 aromatic carbocycles. The normalized spacial score (nSPS) is 14.2. The first kappa shape index (κ1) is 21.6. The summed E-state index contributed by atoms with van der Waals surface area (Å²) >= 11 is 0. The molecule has 3 N–H and O–H groups in total. The van der Waals surface area contributed by atoms with Crippen molar-refractivity contribution in [2.45, 2.75) is 18.8 Å². The van der Waals surface area contributed by atoms with Crippen LogP contribution in [0.1, 0.15) is 11.4 Å². The lowest BCUT2D eigenvalue weighted by Crippen LogP contribution is -2.51. The minimum absolute atomic E-state index is 0.0166. The number of aliphatic hydroxyl groups is 1. The Hall–Kier alpha value is -3.67. The van der Waals surface area contributed by atoms with Gasteiger partial charge in [0.15, 0.2) is 5.69 Å². The van der Waals surface area contributed by atoms with Crippen molar-refractivity contribution in [3.8, 4) is 5.69 Å². The van der Waals surface area contributed by atoms with Gasteiger partial charge in [-0.25, -0.2) is 18.9 Å². The van der Waals surface area contributed by atoms with E-state index in [2.05, 4.69) is 20.7 Å². The highest BCUT2D eigenvalue weighted by Crippen LogP contribution is 2.29. The van der Waals surface area contributed by atoms with Crippen LogP contribution >= 0.6 is 0 Å². The van der Waals surface area contributed by atoms with Gasteiger partial charge in [0, 0.05) is 13.1 Å². The molecule has 3 aromatic rings. The second-order valence-corrected chi connectivity index (χ2v) is 7.18. The number of urea groups is 1. The van der Waals surface area contributed by atoms with Crippen molar-refractivity contribution in [2.75, 3.05) is 23.3 Å². The van der Waals surface area contributed by atoms with Crippen LogP contribution in [0.15, 0.2) is 48.7 Å². The van der Waals surface area contributed by atoms with Gasteiger partial charge < -0.3 is 20.6 Å². The lowest BCUT2D eigenvalue weighted by atomic mass is 10.2. The zero-order valence-electron chi connectivity index (χ0n) is 16.5. The van der Waals surface area contributed by atoms with Crippen LogP contribution in [0, 0.1) is 5.82 Å². The summed E-state index contributed by atoms with van der Waals surface area (Å²) in [6.45, 7) is 0.681. The Kier molecular flexibility index (Phi) is 5.70. The number of amides is 2. The van der Waals surface area contributed by atoms with E-state index < -0.39 is 23.7 Å². The fourth-order valence-electron chi connectivity index (χ4n) is 3.15. The summed E-state index contributed by atoms with van der Waals surface area (Å²) in [5.74, 6) is 0.0202. The molecule has 2 amide bonds. The first-order valence-corrected chi connectivity index (χ1v) is 9.55. The summed E-state index contributed by atoms with van der Waals surface area (Å²) in [5, 5.41) is 17.9. The zero-order chi connectivity index (χ0) is 22.9. The van der Waals surface area contributed by atoms with Gasteiger partial charge in [-0.05, 0) is 36.4 Å². The van der Waals surface area contributed by atoms with Crippen molar-refractivity contribution in [1.29, 1.82) is 0 Å². The Morgan fingerprint density at radius 3 is 2.59 bits per heavy atom. The Morgan fingerprint density at radius 2 is 1.97 bits per heavy atom. The summed E-state index contributed by atoms with van der Waals surface area (Å²) in [5.41, 5.74) is -0.673. The fourth-order valence-corrected chi connectivity index (χ4v) is 3.15. The quantitative estimate of drug-likeness (QED) is 0.520. The molecular weight excluding hydrogens is 432 g/mol. The summed E-state index contributed by atoms with van der Waals surface area (Å²) in [6, 6.07) is 8.38. The third-order valence-corrected chi connectivity index (χ3v) is 4.75. The highest BCUT2D eigenvalue weighted by molar-refractivity contribution is 5.89. The smallest absolute Gasteiger partial charge is 0.389 e. The Balaban J connectivity index is 1.43. The molecule has 0 radical (unpaired) electrons. The molecule has 0 aliphatic carbocycles. The van der Waals surface area contributed by atoms with Crippen molar-refractivity contribution in [1.82, 2.24) is 20.1 Å². The number of hydrogen-bond donors (Lipinski definition) is 3. The van der Waals surface area contributed by atoms with E-state index in [4.69, 9.17) is 0 Å². The molecule has 0 spiro atoms. The average molecular weight is 450 g/mol. The topological polar surface area (TPSA) is 95.3 Å². The second-order valence-electron chi connectivity index (χ2n) is 7.18. The molecule has 2 aromatic heterocycles. The molecular formula is C20H18F4N6O2. The lowest BCUT2D eigenvalue weighted by molar-refractivity contribution is -0.141. The summed E-state index contributed by atoms with van der Waals surface area (Å²) in [4.78, 5) is 18.3. The predicted octanol–water partition coefficient (Wildman–Crippen LogP) is 2.93. The SMILES string of the molecule is O=C(NCc1cc(C(F)(F)F)nn1-c1cccc(F)c1)Nc1ccc(N2CC(O)C2)nc1. The number of carbonyl (C=O) groups is 1. The van der Waals surface area contributed by atoms with E-state index in [1.165, 1.54) is 18.3 Å². The van der Waals surface area contributed by atoms with Gasteiger partial charge in [-0.2, -0.15) is 18.3 Å². The van der Waals surface area contributed by atoms with Crippen LogP contribution < -0.4 is 15.5 Å². The maximum absolute atomic E-state index is 13.5. The molecule has 1 fully saturated rings. The van der Waals surface area contributed by atoms with E-state index in [0.717, 1.165) is 22.9 Å². The predicted molar refractivity (Wildman–Crippen MR) is 107 cm³/mol. The first-order valence-electron chi connectivity index (χ1n) is 9.55. The molecule has 12 heteroatoms. The van der Waals surface area contributed by atoms with Crippen LogP contribution in [-0.4, -0.2) is 45.1 Å². The number of aromatic nitrogens is 3. The Morgan fingerprint density at radius 1 is 1.19 bits per heavy atom. The zero-order valence-corrected chi connectivity index (χ0v) is 16.5. The third-order valence-electron chi connectivity index (χ3n) is 4.75. The van der Waals surface area contributed by atoms with Crippen LogP contribution in [-0.2, 0) is 12.7 Å². The van der Waals surface area contributed by atoms with Gasteiger partial charge in [-0.3, -0.25) is 0 Å². The molecule has 1 aliphatic heterocycles. The molecule has 0 saturated carbocycles. The maximum Gasteiger partial charge on any atom is 0.435 e. The lowest BCUT2D eigenvalue weighted by Gasteiger charge is -2.36. The molecule has 3 heterocycles. The molecule has 0 atom stereocenters. The highest BCUT2D eigenvalue weighted by atomic mass is 19.4. The number of carbonyl (C=O) groups excluding carboxylic acids is 1. The number of nitrogens with one attached hydrogen (secondary N) is 2. The van der Waals surface area contributed by atoms with Gasteiger partial charge in [-0.1, -0.05) is 6.07 Å². The van der Waals surface area contributed by atoms with Crippen LogP contribution in [0.2, 0.25) is 0 Å². The summed E-state index contributed by atoms with van der Waals surface area (Å²) in [6.07, 6.45) is -3.65. The number of β-amino-alcohol motifs (C(OH)–C–C–N with tert-alkyl or cyclic N) is 1. The molecule has 0 unspecified atom stereocenters. The maximum atomic E-state index is 13.5. The van der Waals surface area contributed by atoms with Crippen LogP contribution in [0.4, 0.5) is 33.9 Å². The van der Waals surface area contributed by atoms with Crippen molar-refractivity contribution in [2.24, 2.45) is 0 Å². The molecule has 1 saturated heterocycles. The van der Waals surface area contributed by atoms with Gasteiger partial charge in [0.1, 0.15) is 11.6 Å². The van der Waals surface area contributed by atoms with Gasteiger partial charge in [-0.15, -0.1) is 0 Å². The third kappa shape index (κ3) is 4.80. The van der Waals surface area contributed by atoms with Crippen LogP contribution in [0.5, 0.6) is 0 Å². The minimum Gasteiger partial charge on any atom is -0.389 e. The summed E-state index contributed by atoms with van der Waals surface area (Å²) in [7, 11) is 0. The number of pyridine rings is 1. The second kappa shape index (κ2) is 8.46. The van der Waals surface area contributed by atoms with Crippen molar-refractivity contribution >= 4 is 17.5 Å². The Bertz CT molecular complexity index is 1110. The fraction of sp³-hybridized carbons (Fsp3) is 0.250. The first-order chi connectivity index (χ1) is 15.2. The number of alkyl halides is 3. The highest BCUT2D eigenvalue weighted by Gasteiger charge is 2.35. The minimum atomic E-state index is -4.70. The molecule has 8 nitrogen and oxygen atoms in total. The number of hydrogen-bond acceptors (Lipinski definition) is 5. The number of aliphatic hydroxyl groups excluding tert-OH is 1. The van der Waals surface area contributed by atoms with E-state index in [1.807, 2.05) is 4.90 Å². The molecule has 0 bridgehead atoms. The van der Waals surface area contributed by atoms with Gasteiger partial charge in [0.25, 0.3) is 0 Å². The van der Waals surface area contributed by atoms with E-state index in [0.29, 0.717) is 24.6 Å². The average Bonchev–Trinajstić information content (AvgIpc) is 3.16. The van der Waals surface area contributed by atoms with Gasteiger partial charge >= 0.3 is 12.2 Å². The monoisotopic (exact) mass is 450 g/mol. The van der Waals surface area contributed by atoms with Crippen LogP contribution in [0.25, 0.3) is 5.69 Å². The van der Waals surface area contributed by atoms with Gasteiger partial charge in [0.2, 0.25) is 0 Å². The number of nitrogens with zero attached hydrogens (tertiary/aromatic N) is 4. The molecule has 168 valence electrons.